The molecule has 3 nitrogen and oxygen atoms in total. The Hall–Kier alpha value is -1.52. The third kappa shape index (κ3) is 3.77. The monoisotopic (exact) mass is 304 g/mol. The van der Waals surface area contributed by atoms with Crippen LogP contribution in [0.4, 0.5) is 5.69 Å². The van der Waals surface area contributed by atoms with Crippen molar-refractivity contribution in [1.82, 2.24) is 5.32 Å². The van der Waals surface area contributed by atoms with Crippen molar-refractivity contribution in [3.05, 3.63) is 46.2 Å². The number of likely N-dealkylation sites (N-methyl/N-ethyl adjacent to an activating group) is 1. The van der Waals surface area contributed by atoms with Gasteiger partial charge in [0, 0.05) is 35.8 Å². The fourth-order valence-corrected chi connectivity index (χ4v) is 3.17. The van der Waals surface area contributed by atoms with Crippen molar-refractivity contribution in [3.63, 3.8) is 0 Å². The Labute approximate surface area is 131 Å². The molecule has 2 rings (SSSR count). The first-order valence-corrected chi connectivity index (χ1v) is 8.13. The molecule has 1 aromatic heterocycles. The third-order valence-corrected chi connectivity index (χ3v) is 4.75. The highest BCUT2D eigenvalue weighted by molar-refractivity contribution is 7.09. The second-order valence-electron chi connectivity index (χ2n) is 5.15. The minimum Gasteiger partial charge on any atom is -0.496 e. The fraction of sp³-hybridized carbons (Fsp3) is 0.412. The Morgan fingerprint density at radius 1 is 1.29 bits per heavy atom. The van der Waals surface area contributed by atoms with Gasteiger partial charge in [0.1, 0.15) is 5.75 Å². The van der Waals surface area contributed by atoms with E-state index in [1.807, 2.05) is 24.5 Å². The lowest BCUT2D eigenvalue weighted by Crippen LogP contribution is -2.24. The lowest BCUT2D eigenvalue weighted by atomic mass is 10.0. The van der Waals surface area contributed by atoms with Crippen molar-refractivity contribution in [2.24, 2.45) is 0 Å². The normalized spacial score (nSPS) is 12.2. The van der Waals surface area contributed by atoms with Gasteiger partial charge in [-0.1, -0.05) is 12.1 Å². The van der Waals surface area contributed by atoms with E-state index in [1.165, 1.54) is 16.1 Å². The fourth-order valence-electron chi connectivity index (χ4n) is 2.48. The van der Waals surface area contributed by atoms with Gasteiger partial charge in [0.05, 0.1) is 7.11 Å². The van der Waals surface area contributed by atoms with E-state index in [9.17, 15) is 0 Å². The Morgan fingerprint density at radius 3 is 2.71 bits per heavy atom. The van der Waals surface area contributed by atoms with Gasteiger partial charge >= 0.3 is 0 Å². The minimum atomic E-state index is 0.250. The molecule has 0 aliphatic carbocycles. The molecule has 0 saturated heterocycles. The van der Waals surface area contributed by atoms with Crippen LogP contribution in [0.2, 0.25) is 0 Å². The van der Waals surface area contributed by atoms with Crippen LogP contribution in [0.5, 0.6) is 5.75 Å². The van der Waals surface area contributed by atoms with Crippen molar-refractivity contribution in [1.29, 1.82) is 0 Å². The number of nitrogens with zero attached hydrogens (tertiary/aromatic N) is 1. The summed E-state index contributed by atoms with van der Waals surface area (Å²) in [5, 5.41) is 5.45. The number of hydrogen-bond donors (Lipinski definition) is 1. The van der Waals surface area contributed by atoms with Crippen LogP contribution in [-0.2, 0) is 6.42 Å². The first-order valence-electron chi connectivity index (χ1n) is 7.25. The molecule has 1 atom stereocenters. The zero-order chi connectivity index (χ0) is 15.2. The maximum absolute atomic E-state index is 5.54. The van der Waals surface area contributed by atoms with Gasteiger partial charge in [-0.05, 0) is 44.0 Å². The molecule has 2 aromatic rings. The second kappa shape index (κ2) is 7.48. The van der Waals surface area contributed by atoms with Crippen LogP contribution in [0, 0.1) is 0 Å². The number of thiophene rings is 1. The molecule has 0 amide bonds. The third-order valence-electron chi connectivity index (χ3n) is 3.81. The summed E-state index contributed by atoms with van der Waals surface area (Å²) in [6.07, 6.45) is 1.07. The van der Waals surface area contributed by atoms with E-state index in [0.717, 1.165) is 18.7 Å². The van der Waals surface area contributed by atoms with Crippen molar-refractivity contribution in [3.8, 4) is 5.75 Å². The Balaban J connectivity index is 2.20. The molecule has 0 radical (unpaired) electrons. The zero-order valence-electron chi connectivity index (χ0n) is 13.2. The lowest BCUT2D eigenvalue weighted by molar-refractivity contribution is 0.404. The van der Waals surface area contributed by atoms with E-state index in [1.54, 1.807) is 7.11 Å². The number of methoxy groups -OCH3 is 1. The smallest absolute Gasteiger partial charge is 0.125 e. The summed E-state index contributed by atoms with van der Waals surface area (Å²) in [6.45, 7) is 3.16. The highest BCUT2D eigenvalue weighted by Crippen LogP contribution is 2.34. The second-order valence-corrected chi connectivity index (χ2v) is 6.19. The molecule has 114 valence electrons. The van der Waals surface area contributed by atoms with Gasteiger partial charge in [0.2, 0.25) is 0 Å². The van der Waals surface area contributed by atoms with Gasteiger partial charge in [-0.2, -0.15) is 0 Å². The van der Waals surface area contributed by atoms with Crippen LogP contribution < -0.4 is 15.0 Å². The van der Waals surface area contributed by atoms with Gasteiger partial charge in [-0.3, -0.25) is 0 Å². The van der Waals surface area contributed by atoms with Crippen LogP contribution in [-0.4, -0.2) is 27.7 Å². The molecular formula is C17H24N2OS. The molecule has 1 heterocycles. The van der Waals surface area contributed by atoms with E-state index in [0.29, 0.717) is 0 Å². The SMILES string of the molecule is CNC(C)c1c(OC)cccc1N(C)CCc1cccs1. The quantitative estimate of drug-likeness (QED) is 0.844. The molecule has 0 aliphatic rings. The topological polar surface area (TPSA) is 24.5 Å². The van der Waals surface area contributed by atoms with Gasteiger partial charge in [-0.15, -0.1) is 11.3 Å². The Kier molecular flexibility index (Phi) is 5.65. The van der Waals surface area contributed by atoms with Crippen molar-refractivity contribution in [2.45, 2.75) is 19.4 Å². The van der Waals surface area contributed by atoms with Gasteiger partial charge in [0.15, 0.2) is 0 Å². The zero-order valence-corrected chi connectivity index (χ0v) is 14.0. The van der Waals surface area contributed by atoms with E-state index in [4.69, 9.17) is 4.74 Å². The summed E-state index contributed by atoms with van der Waals surface area (Å²) in [6, 6.07) is 10.8. The van der Waals surface area contributed by atoms with Crippen molar-refractivity contribution >= 4 is 17.0 Å². The minimum absolute atomic E-state index is 0.250. The molecule has 21 heavy (non-hydrogen) atoms. The Bertz CT molecular complexity index is 554. The van der Waals surface area contributed by atoms with Crippen LogP contribution >= 0.6 is 11.3 Å². The predicted octanol–water partition coefficient (Wildman–Crippen LogP) is 3.72. The number of ether oxygens (including phenoxy) is 1. The van der Waals surface area contributed by atoms with Crippen LogP contribution in [0.3, 0.4) is 0 Å². The maximum Gasteiger partial charge on any atom is 0.125 e. The Morgan fingerprint density at radius 2 is 2.10 bits per heavy atom. The summed E-state index contributed by atoms with van der Waals surface area (Å²) in [7, 11) is 5.86. The number of benzene rings is 1. The van der Waals surface area contributed by atoms with Crippen LogP contribution in [0.15, 0.2) is 35.7 Å². The van der Waals surface area contributed by atoms with E-state index < -0.39 is 0 Å². The summed E-state index contributed by atoms with van der Waals surface area (Å²) >= 11 is 1.82. The van der Waals surface area contributed by atoms with Gasteiger partial charge in [0.25, 0.3) is 0 Å². The highest BCUT2D eigenvalue weighted by atomic mass is 32.1. The number of hydrogen-bond acceptors (Lipinski definition) is 4. The summed E-state index contributed by atoms with van der Waals surface area (Å²) in [4.78, 5) is 3.73. The molecule has 0 aliphatic heterocycles. The molecule has 0 saturated carbocycles. The molecule has 1 N–H and O–H groups in total. The highest BCUT2D eigenvalue weighted by Gasteiger charge is 2.17. The molecule has 1 unspecified atom stereocenters. The average Bonchev–Trinajstić information content (AvgIpc) is 3.04. The molecular weight excluding hydrogens is 280 g/mol. The summed E-state index contributed by atoms with van der Waals surface area (Å²) in [5.41, 5.74) is 2.45. The predicted molar refractivity (Wildman–Crippen MR) is 91.8 cm³/mol. The first kappa shape index (κ1) is 15.9. The van der Waals surface area contributed by atoms with Crippen molar-refractivity contribution < 1.29 is 4.74 Å². The molecule has 1 aromatic carbocycles. The molecule has 0 bridgehead atoms. The van der Waals surface area contributed by atoms with E-state index in [-0.39, 0.29) is 6.04 Å². The van der Waals surface area contributed by atoms with Crippen molar-refractivity contribution in [2.75, 3.05) is 32.6 Å². The van der Waals surface area contributed by atoms with E-state index in [2.05, 4.69) is 53.8 Å². The van der Waals surface area contributed by atoms with Crippen LogP contribution in [0.1, 0.15) is 23.4 Å². The van der Waals surface area contributed by atoms with Gasteiger partial charge in [-0.25, -0.2) is 0 Å². The summed E-state index contributed by atoms with van der Waals surface area (Å²) in [5.74, 6) is 0.942. The van der Waals surface area contributed by atoms with Gasteiger partial charge < -0.3 is 15.0 Å². The molecule has 4 heteroatoms. The van der Waals surface area contributed by atoms with Crippen LogP contribution in [0.25, 0.3) is 0 Å². The lowest BCUT2D eigenvalue weighted by Gasteiger charge is -2.26. The van der Waals surface area contributed by atoms with E-state index >= 15 is 0 Å². The number of anilines is 1. The number of nitrogens with one attached hydrogen (secondary N) is 1. The molecule has 0 fully saturated rings. The summed E-state index contributed by atoms with van der Waals surface area (Å²) < 4.78 is 5.54. The standard InChI is InChI=1S/C17H24N2OS/c1-13(18-2)17-15(8-5-9-16(17)20-4)19(3)11-10-14-7-6-12-21-14/h5-9,12-13,18H,10-11H2,1-4H3. The molecule has 0 spiro atoms. The number of rotatable bonds is 7. The first-order chi connectivity index (χ1) is 10.2. The average molecular weight is 304 g/mol. The largest absolute Gasteiger partial charge is 0.496 e. The maximum atomic E-state index is 5.54.